The van der Waals surface area contributed by atoms with Crippen molar-refractivity contribution < 1.29 is 25.8 Å². The largest absolute Gasteiger partial charge is 4.00 e. The third-order valence-electron chi connectivity index (χ3n) is 0.772. The van der Waals surface area contributed by atoms with Crippen LogP contribution in [0.3, 0.4) is 0 Å². The van der Waals surface area contributed by atoms with Crippen LogP contribution in [0, 0.1) is 21.3 Å². The number of hydrogen-bond acceptors (Lipinski definition) is 0. The molecule has 0 nitrogen and oxygen atoms in total. The first kappa shape index (κ1) is 15.8. The molecule has 0 heterocycles. The summed E-state index contributed by atoms with van der Waals surface area (Å²) >= 11 is 0. The molecule has 0 amide bonds. The van der Waals surface area contributed by atoms with Gasteiger partial charge in [0.1, 0.15) is 0 Å². The molecule has 1 aliphatic carbocycles. The second-order valence-corrected chi connectivity index (χ2v) is 1.24. The van der Waals surface area contributed by atoms with Crippen molar-refractivity contribution in [2.45, 2.75) is 12.8 Å². The Morgan fingerprint density at radius 3 is 2.00 bits per heavy atom. The summed E-state index contributed by atoms with van der Waals surface area (Å²) in [6.07, 6.45) is 9.00. The van der Waals surface area contributed by atoms with Gasteiger partial charge in [-0.25, -0.2) is 18.6 Å². The van der Waals surface area contributed by atoms with Crippen LogP contribution in [-0.4, -0.2) is 0 Å². The summed E-state index contributed by atoms with van der Waals surface area (Å²) < 4.78 is 0. The van der Waals surface area contributed by atoms with E-state index in [0.29, 0.717) is 0 Å². The van der Waals surface area contributed by atoms with E-state index in [1.807, 2.05) is 0 Å². The molecule has 0 spiro atoms. The predicted molar refractivity (Wildman–Crippen MR) is 35.5 cm³/mol. The minimum absolute atomic E-state index is 0. The molecule has 0 radical (unpaired) electrons. The molecule has 1 aliphatic rings. The average molecular weight is 276 g/mol. The maximum Gasteiger partial charge on any atom is 4.00 e. The number of rotatable bonds is 0. The number of hydrogen-bond donors (Lipinski definition) is 0. The van der Waals surface area contributed by atoms with Crippen molar-refractivity contribution >= 4 is 0 Å². The van der Waals surface area contributed by atoms with Crippen LogP contribution >= 0.6 is 0 Å². The molecule has 44 valence electrons. The van der Waals surface area contributed by atoms with Gasteiger partial charge in [0, 0.05) is 0 Å². The molecule has 0 aliphatic heterocycles. The van der Waals surface area contributed by atoms with E-state index in [1.165, 1.54) is 12.8 Å². The van der Waals surface area contributed by atoms with Crippen molar-refractivity contribution in [3.8, 4) is 0 Å². The monoisotopic (exact) mass is 277 g/mol. The Kier molecular flexibility index (Phi) is 20.7. The minimum Gasteiger partial charge on any atom is -0.358 e. The molecule has 0 fully saturated rings. The quantitative estimate of drug-likeness (QED) is 0.471. The van der Waals surface area contributed by atoms with Crippen LogP contribution in [-0.2, 0) is 25.8 Å². The van der Waals surface area contributed by atoms with Gasteiger partial charge in [0.25, 0.3) is 0 Å². The normalized spacial score (nSPS) is 12.0. The van der Waals surface area contributed by atoms with Gasteiger partial charge in [-0.2, -0.15) is 0 Å². The molecule has 0 N–H and O–H groups in total. The molecule has 1 rings (SSSR count). The maximum absolute atomic E-state index is 2.18. The van der Waals surface area contributed by atoms with E-state index in [0.717, 1.165) is 0 Å². The Labute approximate surface area is 72.2 Å². The molecule has 0 saturated carbocycles. The molecule has 8 heavy (non-hydrogen) atoms. The standard InChI is InChI=1S/C5H7.2CH3.Hf/c1-2-4-5-3-1;;;/h1-3H,4-5H2;2*1H3;/q3*-1;+4. The first-order valence-electron chi connectivity index (χ1n) is 1.98. The molecule has 0 aromatic carbocycles. The van der Waals surface area contributed by atoms with Gasteiger partial charge in [-0.05, 0) is 0 Å². The van der Waals surface area contributed by atoms with Gasteiger partial charge in [-0.15, -0.1) is 12.8 Å². The minimum atomic E-state index is 0. The summed E-state index contributed by atoms with van der Waals surface area (Å²) in [7, 11) is 0. The Morgan fingerprint density at radius 2 is 1.88 bits per heavy atom. The maximum atomic E-state index is 2.18. The van der Waals surface area contributed by atoms with E-state index in [2.05, 4.69) is 18.6 Å². The van der Waals surface area contributed by atoms with E-state index >= 15 is 0 Å². The van der Waals surface area contributed by atoms with E-state index in [-0.39, 0.29) is 40.7 Å². The Morgan fingerprint density at radius 1 is 1.25 bits per heavy atom. The van der Waals surface area contributed by atoms with Crippen molar-refractivity contribution in [1.29, 1.82) is 0 Å². The fraction of sp³-hybridized carbons (Fsp3) is 0.286. The molecular formula is C7H13Hf+. The average Bonchev–Trinajstić information content (AvgIpc) is 1.76. The summed E-state index contributed by atoms with van der Waals surface area (Å²) in [6.45, 7) is 0. The smallest absolute Gasteiger partial charge is 0.358 e. The van der Waals surface area contributed by atoms with Gasteiger partial charge in [0.15, 0.2) is 0 Å². The molecule has 0 bridgehead atoms. The van der Waals surface area contributed by atoms with Gasteiger partial charge in [-0.3, -0.25) is 0 Å². The van der Waals surface area contributed by atoms with Gasteiger partial charge >= 0.3 is 25.8 Å². The number of allylic oxidation sites excluding steroid dienone is 2. The van der Waals surface area contributed by atoms with E-state index in [4.69, 9.17) is 0 Å². The van der Waals surface area contributed by atoms with Gasteiger partial charge in [-0.1, -0.05) is 0 Å². The SMILES string of the molecule is C1=CCC[CH-]1.[CH3-].[CH3-].[Hf+4]. The summed E-state index contributed by atoms with van der Waals surface area (Å²) in [5.41, 5.74) is 0. The van der Waals surface area contributed by atoms with Crippen LogP contribution in [0.2, 0.25) is 0 Å². The zero-order chi connectivity index (χ0) is 3.54. The topological polar surface area (TPSA) is 0 Å². The summed E-state index contributed by atoms with van der Waals surface area (Å²) in [6, 6.07) is 0. The van der Waals surface area contributed by atoms with Crippen molar-refractivity contribution in [3.63, 3.8) is 0 Å². The summed E-state index contributed by atoms with van der Waals surface area (Å²) in [4.78, 5) is 0. The summed E-state index contributed by atoms with van der Waals surface area (Å²) in [5.74, 6) is 0. The molecule has 0 saturated heterocycles. The van der Waals surface area contributed by atoms with E-state index in [1.54, 1.807) is 0 Å². The van der Waals surface area contributed by atoms with Gasteiger partial charge < -0.3 is 14.9 Å². The van der Waals surface area contributed by atoms with Crippen molar-refractivity contribution in [2.75, 3.05) is 0 Å². The second kappa shape index (κ2) is 10.5. The van der Waals surface area contributed by atoms with Crippen molar-refractivity contribution in [3.05, 3.63) is 33.4 Å². The van der Waals surface area contributed by atoms with Crippen molar-refractivity contribution in [2.24, 2.45) is 0 Å². The molecule has 0 atom stereocenters. The summed E-state index contributed by atoms with van der Waals surface area (Å²) in [5, 5.41) is 0. The molecule has 1 heteroatoms. The van der Waals surface area contributed by atoms with Crippen LogP contribution in [0.1, 0.15) is 12.8 Å². The van der Waals surface area contributed by atoms with Crippen LogP contribution in [0.25, 0.3) is 0 Å². The van der Waals surface area contributed by atoms with E-state index in [9.17, 15) is 0 Å². The van der Waals surface area contributed by atoms with Crippen molar-refractivity contribution in [1.82, 2.24) is 0 Å². The van der Waals surface area contributed by atoms with E-state index < -0.39 is 0 Å². The van der Waals surface area contributed by atoms with Gasteiger partial charge in [0.2, 0.25) is 0 Å². The van der Waals surface area contributed by atoms with Crippen LogP contribution in [0.5, 0.6) is 0 Å². The van der Waals surface area contributed by atoms with Gasteiger partial charge in [0.05, 0.1) is 0 Å². The Balaban J connectivity index is -0.0000000833. The van der Waals surface area contributed by atoms with Crippen LogP contribution in [0.15, 0.2) is 12.2 Å². The van der Waals surface area contributed by atoms with Crippen LogP contribution < -0.4 is 0 Å². The molecular weight excluding hydrogens is 263 g/mol. The first-order chi connectivity index (χ1) is 2.50. The predicted octanol–water partition coefficient (Wildman–Crippen LogP) is 2.44. The second-order valence-electron chi connectivity index (χ2n) is 1.24. The zero-order valence-corrected chi connectivity index (χ0v) is 9.24. The Bertz CT molecular complexity index is 42.3. The molecule has 0 aromatic rings. The molecule has 0 unspecified atom stereocenters. The van der Waals surface area contributed by atoms with Crippen LogP contribution in [0.4, 0.5) is 0 Å². The third kappa shape index (κ3) is 6.48. The molecule has 0 aromatic heterocycles. The first-order valence-corrected chi connectivity index (χ1v) is 1.98. The Hall–Kier alpha value is 0.480. The fourth-order valence-corrected chi connectivity index (χ4v) is 0.481. The fourth-order valence-electron chi connectivity index (χ4n) is 0.481. The third-order valence-corrected chi connectivity index (χ3v) is 0.772. The zero-order valence-electron chi connectivity index (χ0n) is 5.65.